The van der Waals surface area contributed by atoms with Crippen LogP contribution in [0.5, 0.6) is 0 Å². The minimum Gasteiger partial charge on any atom is -0.378 e. The Morgan fingerprint density at radius 1 is 1.32 bits per heavy atom. The summed E-state index contributed by atoms with van der Waals surface area (Å²) in [6.07, 6.45) is 2.19. The van der Waals surface area contributed by atoms with Gasteiger partial charge in [-0.2, -0.15) is 0 Å². The maximum Gasteiger partial charge on any atom is 0.271 e. The van der Waals surface area contributed by atoms with Gasteiger partial charge in [-0.3, -0.25) is 4.79 Å². The van der Waals surface area contributed by atoms with Crippen molar-refractivity contribution in [1.82, 2.24) is 15.3 Å². The molecule has 2 aromatic rings. The van der Waals surface area contributed by atoms with Gasteiger partial charge < -0.3 is 19.7 Å². The van der Waals surface area contributed by atoms with Gasteiger partial charge in [0.2, 0.25) is 5.95 Å². The number of carbonyl (C=O) groups excluding carboxylic acids is 1. The minimum atomic E-state index is -0.307. The van der Waals surface area contributed by atoms with Crippen molar-refractivity contribution < 1.29 is 14.3 Å². The Kier molecular flexibility index (Phi) is 7.59. The van der Waals surface area contributed by atoms with Gasteiger partial charge in [0.15, 0.2) is 5.69 Å². The Bertz CT molecular complexity index is 769. The zero-order valence-corrected chi connectivity index (χ0v) is 16.7. The van der Waals surface area contributed by atoms with Crippen LogP contribution in [-0.4, -0.2) is 55.3 Å². The van der Waals surface area contributed by atoms with Gasteiger partial charge in [-0.05, 0) is 18.9 Å². The standard InChI is InChI=1S/C20H25ClN4O3/c1-15(16-6-3-2-4-7-16)28-11-5-8-22-19(26)18-17(21)14-23-20(24-18)25-9-12-27-13-10-25/h2-4,6-7,14-15H,5,8-13H2,1H3,(H,22,26)/t15-/m0/s1. The number of anilines is 1. The predicted molar refractivity (Wildman–Crippen MR) is 108 cm³/mol. The number of amides is 1. The summed E-state index contributed by atoms with van der Waals surface area (Å²) in [6, 6.07) is 10.0. The van der Waals surface area contributed by atoms with Crippen LogP contribution >= 0.6 is 11.6 Å². The fourth-order valence-electron chi connectivity index (χ4n) is 2.87. The second kappa shape index (κ2) is 10.4. The number of halogens is 1. The highest BCUT2D eigenvalue weighted by atomic mass is 35.5. The average molecular weight is 405 g/mol. The molecule has 8 heteroatoms. The van der Waals surface area contributed by atoms with Crippen LogP contribution in [0.3, 0.4) is 0 Å². The van der Waals surface area contributed by atoms with Crippen LogP contribution in [0.4, 0.5) is 5.95 Å². The number of nitrogens with zero attached hydrogens (tertiary/aromatic N) is 3. The quantitative estimate of drug-likeness (QED) is 0.682. The van der Waals surface area contributed by atoms with Crippen molar-refractivity contribution in [3.63, 3.8) is 0 Å². The van der Waals surface area contributed by atoms with Crippen LogP contribution < -0.4 is 10.2 Å². The smallest absolute Gasteiger partial charge is 0.271 e. The molecule has 0 spiro atoms. The Labute approximate surface area is 170 Å². The average Bonchev–Trinajstić information content (AvgIpc) is 2.74. The largest absolute Gasteiger partial charge is 0.378 e. The number of hydrogen-bond donors (Lipinski definition) is 1. The van der Waals surface area contributed by atoms with E-state index in [0.717, 1.165) is 5.56 Å². The lowest BCUT2D eigenvalue weighted by Gasteiger charge is -2.26. The van der Waals surface area contributed by atoms with Gasteiger partial charge >= 0.3 is 0 Å². The van der Waals surface area contributed by atoms with Crippen LogP contribution in [0.25, 0.3) is 0 Å². The van der Waals surface area contributed by atoms with Crippen LogP contribution in [-0.2, 0) is 9.47 Å². The number of morpholine rings is 1. The second-order valence-electron chi connectivity index (χ2n) is 6.50. The van der Waals surface area contributed by atoms with E-state index in [1.54, 1.807) is 0 Å². The van der Waals surface area contributed by atoms with Gasteiger partial charge in [-0.15, -0.1) is 0 Å². The van der Waals surface area contributed by atoms with Gasteiger partial charge in [-0.25, -0.2) is 9.97 Å². The molecule has 1 atom stereocenters. The molecular weight excluding hydrogens is 380 g/mol. The number of hydrogen-bond acceptors (Lipinski definition) is 6. The van der Waals surface area contributed by atoms with Crippen LogP contribution in [0.15, 0.2) is 36.5 Å². The first-order valence-electron chi connectivity index (χ1n) is 9.45. The molecule has 3 rings (SSSR count). The molecule has 1 fully saturated rings. The van der Waals surface area contributed by atoms with Gasteiger partial charge in [0.25, 0.3) is 5.91 Å². The molecule has 1 amide bonds. The van der Waals surface area contributed by atoms with Crippen molar-refractivity contribution in [3.8, 4) is 0 Å². The van der Waals surface area contributed by atoms with E-state index in [2.05, 4.69) is 15.3 Å². The molecule has 2 heterocycles. The number of aromatic nitrogens is 2. The summed E-state index contributed by atoms with van der Waals surface area (Å²) in [7, 11) is 0. The molecule has 150 valence electrons. The Morgan fingerprint density at radius 3 is 2.82 bits per heavy atom. The maximum atomic E-state index is 12.4. The van der Waals surface area contributed by atoms with Crippen LogP contribution in [0, 0.1) is 0 Å². The number of nitrogens with one attached hydrogen (secondary N) is 1. The maximum absolute atomic E-state index is 12.4. The van der Waals surface area contributed by atoms with Crippen molar-refractivity contribution in [3.05, 3.63) is 52.8 Å². The third kappa shape index (κ3) is 5.64. The molecule has 28 heavy (non-hydrogen) atoms. The molecule has 0 radical (unpaired) electrons. The highest BCUT2D eigenvalue weighted by molar-refractivity contribution is 6.33. The van der Waals surface area contributed by atoms with E-state index in [9.17, 15) is 4.79 Å². The number of benzene rings is 1. The zero-order chi connectivity index (χ0) is 19.8. The van der Waals surface area contributed by atoms with E-state index >= 15 is 0 Å². The van der Waals surface area contributed by atoms with E-state index in [-0.39, 0.29) is 22.7 Å². The Hall–Kier alpha value is -2.22. The third-order valence-corrected chi connectivity index (χ3v) is 4.76. The molecule has 0 unspecified atom stereocenters. The minimum absolute atomic E-state index is 0.0179. The molecule has 1 aliphatic rings. The summed E-state index contributed by atoms with van der Waals surface area (Å²) >= 11 is 6.13. The highest BCUT2D eigenvalue weighted by Gasteiger charge is 2.18. The number of carbonyl (C=O) groups is 1. The van der Waals surface area contributed by atoms with Crippen LogP contribution in [0.1, 0.15) is 35.5 Å². The van der Waals surface area contributed by atoms with E-state index in [4.69, 9.17) is 21.1 Å². The lowest BCUT2D eigenvalue weighted by molar-refractivity contribution is 0.0634. The SMILES string of the molecule is C[C@H](OCCCNC(=O)c1nc(N2CCOCC2)ncc1Cl)c1ccccc1. The molecule has 7 nitrogen and oxygen atoms in total. The fraction of sp³-hybridized carbons (Fsp3) is 0.450. The molecule has 0 aliphatic carbocycles. The molecule has 1 aliphatic heterocycles. The molecule has 1 N–H and O–H groups in total. The van der Waals surface area contributed by atoms with Crippen molar-refractivity contribution in [2.75, 3.05) is 44.4 Å². The third-order valence-electron chi connectivity index (χ3n) is 4.48. The van der Waals surface area contributed by atoms with Crippen molar-refractivity contribution >= 4 is 23.5 Å². The summed E-state index contributed by atoms with van der Waals surface area (Å²) in [6.45, 7) is 5.67. The summed E-state index contributed by atoms with van der Waals surface area (Å²) in [5.41, 5.74) is 1.33. The summed E-state index contributed by atoms with van der Waals surface area (Å²) in [5.74, 6) is 0.191. The number of ether oxygens (including phenoxy) is 2. The van der Waals surface area contributed by atoms with Gasteiger partial charge in [0.1, 0.15) is 0 Å². The molecule has 0 bridgehead atoms. The lowest BCUT2D eigenvalue weighted by Crippen LogP contribution is -2.38. The second-order valence-corrected chi connectivity index (χ2v) is 6.91. The van der Waals surface area contributed by atoms with E-state index in [1.165, 1.54) is 6.20 Å². The molecule has 1 saturated heterocycles. The van der Waals surface area contributed by atoms with E-state index in [1.807, 2.05) is 42.2 Å². The van der Waals surface area contributed by atoms with Crippen LogP contribution in [0.2, 0.25) is 5.02 Å². The topological polar surface area (TPSA) is 76.6 Å². The first-order valence-corrected chi connectivity index (χ1v) is 9.83. The normalized spacial score (nSPS) is 15.3. The molecule has 1 aromatic heterocycles. The zero-order valence-electron chi connectivity index (χ0n) is 15.9. The first-order chi connectivity index (χ1) is 13.6. The van der Waals surface area contributed by atoms with Gasteiger partial charge in [-0.1, -0.05) is 41.9 Å². The van der Waals surface area contributed by atoms with E-state index < -0.39 is 0 Å². The van der Waals surface area contributed by atoms with E-state index in [0.29, 0.717) is 51.8 Å². The first kappa shape index (κ1) is 20.5. The van der Waals surface area contributed by atoms with Gasteiger partial charge in [0.05, 0.1) is 30.5 Å². The van der Waals surface area contributed by atoms with Gasteiger partial charge in [0, 0.05) is 26.2 Å². The monoisotopic (exact) mass is 404 g/mol. The summed E-state index contributed by atoms with van der Waals surface area (Å²) in [5, 5.41) is 3.09. The Balaban J connectivity index is 1.45. The van der Waals surface area contributed by atoms with Crippen molar-refractivity contribution in [1.29, 1.82) is 0 Å². The lowest BCUT2D eigenvalue weighted by atomic mass is 10.1. The predicted octanol–water partition coefficient (Wildman–Crippen LogP) is 2.86. The Morgan fingerprint density at radius 2 is 2.07 bits per heavy atom. The fourth-order valence-corrected chi connectivity index (χ4v) is 3.05. The number of rotatable bonds is 8. The summed E-state index contributed by atoms with van der Waals surface area (Å²) in [4.78, 5) is 23.0. The summed E-state index contributed by atoms with van der Waals surface area (Å²) < 4.78 is 11.1. The highest BCUT2D eigenvalue weighted by Crippen LogP contribution is 2.18. The molecule has 1 aromatic carbocycles. The molecular formula is C20H25ClN4O3. The molecule has 0 saturated carbocycles. The van der Waals surface area contributed by atoms with Crippen molar-refractivity contribution in [2.45, 2.75) is 19.4 Å². The van der Waals surface area contributed by atoms with Crippen molar-refractivity contribution in [2.24, 2.45) is 0 Å².